The molecule has 3 aliphatic heterocycles. The number of anilines is 2. The number of amidine groups is 1. The van der Waals surface area contributed by atoms with Crippen LogP contribution < -0.4 is 10.6 Å². The number of hydrogen-bond acceptors (Lipinski definition) is 5. The first-order chi connectivity index (χ1) is 11.9. The number of rotatable bonds is 1. The SMILES string of the molecule is Nc1cccc2c1CCCN2C(=O)C1=CN2CCS(=O)(=O)N=C2C=C1. The van der Waals surface area contributed by atoms with Crippen LogP contribution >= 0.6 is 0 Å². The first-order valence-electron chi connectivity index (χ1n) is 8.13. The molecule has 0 saturated carbocycles. The summed E-state index contributed by atoms with van der Waals surface area (Å²) in [6.45, 7) is 0.932. The summed E-state index contributed by atoms with van der Waals surface area (Å²) in [4.78, 5) is 16.5. The van der Waals surface area contributed by atoms with Crippen LogP contribution in [0.2, 0.25) is 0 Å². The highest BCUT2D eigenvalue weighted by Gasteiger charge is 2.29. The van der Waals surface area contributed by atoms with E-state index in [1.807, 2.05) is 18.2 Å². The van der Waals surface area contributed by atoms with Gasteiger partial charge < -0.3 is 15.5 Å². The van der Waals surface area contributed by atoms with Crippen molar-refractivity contribution >= 4 is 33.1 Å². The number of nitrogens with two attached hydrogens (primary N) is 1. The Balaban J connectivity index is 1.65. The zero-order valence-corrected chi connectivity index (χ0v) is 14.4. The van der Waals surface area contributed by atoms with Crippen LogP contribution in [-0.4, -0.2) is 43.9 Å². The molecule has 1 aromatic rings. The average molecular weight is 358 g/mol. The third kappa shape index (κ3) is 2.82. The minimum absolute atomic E-state index is 0.0502. The molecule has 1 amide bonds. The van der Waals surface area contributed by atoms with Gasteiger partial charge in [-0.3, -0.25) is 4.79 Å². The summed E-state index contributed by atoms with van der Waals surface area (Å²) in [5.41, 5.74) is 9.12. The van der Waals surface area contributed by atoms with Gasteiger partial charge in [-0.1, -0.05) is 6.07 Å². The summed E-state index contributed by atoms with van der Waals surface area (Å²) in [6.07, 6.45) is 6.60. The van der Waals surface area contributed by atoms with Crippen molar-refractivity contribution in [1.82, 2.24) is 4.90 Å². The summed E-state index contributed by atoms with van der Waals surface area (Å²) in [5, 5.41) is 0. The number of amides is 1. The van der Waals surface area contributed by atoms with E-state index in [4.69, 9.17) is 5.73 Å². The molecule has 3 heterocycles. The molecule has 0 spiro atoms. The summed E-state index contributed by atoms with van der Waals surface area (Å²) < 4.78 is 26.9. The number of hydrogen-bond donors (Lipinski definition) is 1. The van der Waals surface area contributed by atoms with Crippen molar-refractivity contribution in [3.8, 4) is 0 Å². The lowest BCUT2D eigenvalue weighted by atomic mass is 9.99. The Hall–Kier alpha value is -2.61. The molecule has 2 N–H and O–H groups in total. The Morgan fingerprint density at radius 3 is 2.88 bits per heavy atom. The van der Waals surface area contributed by atoms with Gasteiger partial charge in [0.05, 0.1) is 11.3 Å². The number of carbonyl (C=O) groups excluding carboxylic acids is 1. The van der Waals surface area contributed by atoms with Gasteiger partial charge in [-0.05, 0) is 42.7 Å². The fraction of sp³-hybridized carbons (Fsp3) is 0.294. The molecule has 0 radical (unpaired) electrons. The van der Waals surface area contributed by atoms with Crippen LogP contribution in [0.5, 0.6) is 0 Å². The van der Waals surface area contributed by atoms with E-state index in [-0.39, 0.29) is 11.7 Å². The molecule has 1 aromatic carbocycles. The van der Waals surface area contributed by atoms with Gasteiger partial charge in [0.2, 0.25) is 0 Å². The molecule has 130 valence electrons. The van der Waals surface area contributed by atoms with E-state index in [2.05, 4.69) is 4.40 Å². The lowest BCUT2D eigenvalue weighted by molar-refractivity contribution is -0.115. The van der Waals surface area contributed by atoms with Crippen LogP contribution in [-0.2, 0) is 21.2 Å². The maximum atomic E-state index is 13.0. The molecule has 7 nitrogen and oxygen atoms in total. The van der Waals surface area contributed by atoms with Crippen molar-refractivity contribution in [2.45, 2.75) is 12.8 Å². The predicted octanol–water partition coefficient (Wildman–Crippen LogP) is 1.05. The van der Waals surface area contributed by atoms with E-state index < -0.39 is 10.0 Å². The highest BCUT2D eigenvalue weighted by Crippen LogP contribution is 2.32. The van der Waals surface area contributed by atoms with Gasteiger partial charge in [-0.2, -0.15) is 0 Å². The predicted molar refractivity (Wildman–Crippen MR) is 96.7 cm³/mol. The minimum atomic E-state index is -3.40. The normalized spacial score (nSPS) is 21.1. The van der Waals surface area contributed by atoms with Crippen molar-refractivity contribution in [1.29, 1.82) is 0 Å². The Morgan fingerprint density at radius 2 is 2.04 bits per heavy atom. The fourth-order valence-corrected chi connectivity index (χ4v) is 4.32. The van der Waals surface area contributed by atoms with Crippen molar-refractivity contribution in [2.75, 3.05) is 29.5 Å². The zero-order chi connectivity index (χ0) is 17.6. The van der Waals surface area contributed by atoms with Crippen molar-refractivity contribution in [3.63, 3.8) is 0 Å². The van der Waals surface area contributed by atoms with E-state index in [0.717, 1.165) is 24.1 Å². The Kier molecular flexibility index (Phi) is 3.64. The molecule has 0 aliphatic carbocycles. The molecule has 25 heavy (non-hydrogen) atoms. The van der Waals surface area contributed by atoms with Crippen molar-refractivity contribution in [2.24, 2.45) is 4.40 Å². The van der Waals surface area contributed by atoms with E-state index in [1.54, 1.807) is 28.2 Å². The van der Waals surface area contributed by atoms with E-state index in [9.17, 15) is 13.2 Å². The minimum Gasteiger partial charge on any atom is -0.398 e. The van der Waals surface area contributed by atoms with Gasteiger partial charge in [-0.15, -0.1) is 4.40 Å². The molecule has 0 atom stereocenters. The number of sulfonamides is 1. The Bertz CT molecular complexity index is 947. The molecule has 0 fully saturated rings. The number of nitrogen functional groups attached to an aromatic ring is 1. The molecular weight excluding hydrogens is 340 g/mol. The second-order valence-corrected chi connectivity index (χ2v) is 8.01. The Morgan fingerprint density at radius 1 is 1.20 bits per heavy atom. The molecule has 3 aliphatic rings. The number of fused-ring (bicyclic) bond motifs is 2. The molecule has 4 rings (SSSR count). The van der Waals surface area contributed by atoms with Gasteiger partial charge in [0.15, 0.2) is 0 Å². The van der Waals surface area contributed by atoms with Gasteiger partial charge >= 0.3 is 0 Å². The van der Waals surface area contributed by atoms with Crippen molar-refractivity contribution in [3.05, 3.63) is 47.7 Å². The standard InChI is InChI=1S/C17H18N4O3S/c18-14-4-1-5-15-13(14)3-2-8-21(15)17(22)12-6-7-16-19-25(23,24)10-9-20(16)11-12/h1,4-7,11H,2-3,8-10,18H2. The van der Waals surface area contributed by atoms with E-state index in [0.29, 0.717) is 30.2 Å². The largest absolute Gasteiger partial charge is 0.398 e. The monoisotopic (exact) mass is 358 g/mol. The topological polar surface area (TPSA) is 96.1 Å². The van der Waals surface area contributed by atoms with Gasteiger partial charge in [-0.25, -0.2) is 8.42 Å². The summed E-state index contributed by atoms with van der Waals surface area (Å²) in [7, 11) is -3.40. The quantitative estimate of drug-likeness (QED) is 0.757. The number of carbonyl (C=O) groups is 1. The molecule has 0 aromatic heterocycles. The van der Waals surface area contributed by atoms with Crippen LogP contribution in [0.4, 0.5) is 11.4 Å². The average Bonchev–Trinajstić information content (AvgIpc) is 2.60. The fourth-order valence-electron chi connectivity index (χ4n) is 3.35. The smallest absolute Gasteiger partial charge is 0.259 e. The van der Waals surface area contributed by atoms with Crippen LogP contribution in [0.1, 0.15) is 12.0 Å². The molecule has 0 unspecified atom stereocenters. The van der Waals surface area contributed by atoms with Crippen LogP contribution in [0, 0.1) is 0 Å². The molecule has 8 heteroatoms. The summed E-state index contributed by atoms with van der Waals surface area (Å²) >= 11 is 0. The highest BCUT2D eigenvalue weighted by molar-refractivity contribution is 7.90. The number of nitrogens with zero attached hydrogens (tertiary/aromatic N) is 3. The summed E-state index contributed by atoms with van der Waals surface area (Å²) in [5.74, 6) is 0.187. The third-order valence-electron chi connectivity index (χ3n) is 4.60. The van der Waals surface area contributed by atoms with Gasteiger partial charge in [0.25, 0.3) is 15.9 Å². The maximum absolute atomic E-state index is 13.0. The van der Waals surface area contributed by atoms with Crippen molar-refractivity contribution < 1.29 is 13.2 Å². The highest BCUT2D eigenvalue weighted by atomic mass is 32.2. The Labute approximate surface area is 146 Å². The summed E-state index contributed by atoms with van der Waals surface area (Å²) in [6, 6.07) is 5.62. The first-order valence-corrected chi connectivity index (χ1v) is 9.74. The molecular formula is C17H18N4O3S. The van der Waals surface area contributed by atoms with Crippen LogP contribution in [0.3, 0.4) is 0 Å². The first kappa shape index (κ1) is 15.9. The zero-order valence-electron chi connectivity index (χ0n) is 13.6. The molecule has 0 saturated heterocycles. The lowest BCUT2D eigenvalue weighted by Gasteiger charge is -2.32. The van der Waals surface area contributed by atoms with Gasteiger partial charge in [0.1, 0.15) is 5.84 Å². The van der Waals surface area contributed by atoms with Gasteiger partial charge in [0, 0.05) is 30.7 Å². The van der Waals surface area contributed by atoms with Crippen LogP contribution in [0.25, 0.3) is 0 Å². The lowest BCUT2D eigenvalue weighted by Crippen LogP contribution is -2.40. The van der Waals surface area contributed by atoms with E-state index >= 15 is 0 Å². The molecule has 0 bridgehead atoms. The van der Waals surface area contributed by atoms with E-state index in [1.165, 1.54) is 0 Å². The maximum Gasteiger partial charge on any atom is 0.259 e. The number of benzene rings is 1. The third-order valence-corrected chi connectivity index (χ3v) is 5.77. The second-order valence-electron chi connectivity index (χ2n) is 6.25. The second kappa shape index (κ2) is 5.73. The van der Waals surface area contributed by atoms with Crippen LogP contribution in [0.15, 0.2) is 46.5 Å².